The van der Waals surface area contributed by atoms with Crippen LogP contribution in [-0.2, 0) is 9.71 Å². The number of nitriles is 1. The second kappa shape index (κ2) is 7.55. The van der Waals surface area contributed by atoms with Gasteiger partial charge < -0.3 is 9.84 Å². The van der Waals surface area contributed by atoms with E-state index >= 15 is 0 Å². The van der Waals surface area contributed by atoms with Gasteiger partial charge in [0.2, 0.25) is 0 Å². The first-order chi connectivity index (χ1) is 13.2. The Morgan fingerprint density at radius 3 is 2.61 bits per heavy atom. The van der Waals surface area contributed by atoms with Crippen molar-refractivity contribution in [1.82, 2.24) is 4.31 Å². The maximum Gasteiger partial charge on any atom is 0.144 e. The highest BCUT2D eigenvalue weighted by atomic mass is 32.2. The van der Waals surface area contributed by atoms with Crippen LogP contribution in [-0.4, -0.2) is 45.8 Å². The van der Waals surface area contributed by atoms with Crippen LogP contribution in [0.25, 0.3) is 0 Å². The molecule has 1 unspecified atom stereocenters. The number of hydrogen-bond acceptors (Lipinski definition) is 4. The van der Waals surface area contributed by atoms with E-state index in [4.69, 9.17) is 10.00 Å². The molecule has 2 aromatic rings. The van der Waals surface area contributed by atoms with Crippen molar-refractivity contribution in [2.24, 2.45) is 5.41 Å². The van der Waals surface area contributed by atoms with Crippen molar-refractivity contribution in [2.45, 2.75) is 18.7 Å². The molecule has 0 radical (unpaired) electrons. The number of halogens is 1. The first-order valence-electron chi connectivity index (χ1n) is 8.84. The molecule has 1 N–H and O–H groups in total. The van der Waals surface area contributed by atoms with Gasteiger partial charge in [-0.2, -0.15) is 5.26 Å². The van der Waals surface area contributed by atoms with Crippen molar-refractivity contribution < 1.29 is 18.4 Å². The lowest BCUT2D eigenvalue weighted by Gasteiger charge is -2.49. The Morgan fingerprint density at radius 2 is 2.04 bits per heavy atom. The fourth-order valence-corrected chi connectivity index (χ4v) is 5.44. The highest BCUT2D eigenvalue weighted by Gasteiger charge is 2.47. The second-order valence-electron chi connectivity index (χ2n) is 7.41. The summed E-state index contributed by atoms with van der Waals surface area (Å²) >= 11 is 0. The fourth-order valence-electron chi connectivity index (χ4n) is 3.36. The van der Waals surface area contributed by atoms with Crippen LogP contribution in [0.1, 0.15) is 16.7 Å². The van der Waals surface area contributed by atoms with Crippen LogP contribution >= 0.6 is 0 Å². The van der Waals surface area contributed by atoms with Crippen LogP contribution in [0.4, 0.5) is 4.39 Å². The number of aryl methyl sites for hydroxylation is 2. The molecule has 7 heteroatoms. The number of nitrogens with zero attached hydrogens (tertiary/aromatic N) is 2. The molecule has 0 saturated carbocycles. The van der Waals surface area contributed by atoms with Gasteiger partial charge in [-0.3, -0.25) is 0 Å². The van der Waals surface area contributed by atoms with E-state index in [1.807, 2.05) is 32.0 Å². The van der Waals surface area contributed by atoms with Crippen molar-refractivity contribution in [1.29, 1.82) is 5.26 Å². The van der Waals surface area contributed by atoms with Gasteiger partial charge in [0.25, 0.3) is 0 Å². The topological polar surface area (TPSA) is 73.6 Å². The van der Waals surface area contributed by atoms with E-state index in [9.17, 15) is 13.7 Å². The summed E-state index contributed by atoms with van der Waals surface area (Å²) in [7, 11) is -2.66. The van der Waals surface area contributed by atoms with Gasteiger partial charge in [0.05, 0.1) is 33.9 Å². The van der Waals surface area contributed by atoms with E-state index in [1.54, 1.807) is 10.4 Å². The predicted octanol–water partition coefficient (Wildman–Crippen LogP) is 2.68. The summed E-state index contributed by atoms with van der Waals surface area (Å²) in [6.07, 6.45) is 0. The average molecular weight is 402 g/mol. The molecule has 1 saturated heterocycles. The zero-order valence-electron chi connectivity index (χ0n) is 15.9. The molecule has 0 bridgehead atoms. The standard InChI is InChI=1S/C21H23FN2O3S/c1-15-4-7-20(16(2)8-15)28(3,26)24-11-21(12-24,13-25)14-27-18-6-5-17(10-23)19(22)9-18/h4-9,25H,3,11-14H2,1-2H3. The van der Waals surface area contributed by atoms with Crippen LogP contribution in [0.5, 0.6) is 5.75 Å². The molecule has 2 aromatic carbocycles. The lowest BCUT2D eigenvalue weighted by atomic mass is 9.83. The average Bonchev–Trinajstić information content (AvgIpc) is 2.60. The molecule has 1 aliphatic rings. The van der Waals surface area contributed by atoms with Crippen LogP contribution in [0.2, 0.25) is 0 Å². The second-order valence-corrected chi connectivity index (χ2v) is 9.64. The third kappa shape index (κ3) is 3.76. The maximum atomic E-state index is 13.7. The highest BCUT2D eigenvalue weighted by molar-refractivity contribution is 7.98. The van der Waals surface area contributed by atoms with Crippen LogP contribution in [0, 0.1) is 36.4 Å². The highest BCUT2D eigenvalue weighted by Crippen LogP contribution is 2.36. The molecule has 0 aliphatic carbocycles. The molecule has 0 amide bonds. The monoisotopic (exact) mass is 402 g/mol. The SMILES string of the molecule is C=S(=O)(c1ccc(C)cc1C)N1CC(CO)(COc2ccc(C#N)c(F)c2)C1. The molecule has 1 heterocycles. The predicted molar refractivity (Wildman–Crippen MR) is 107 cm³/mol. The Morgan fingerprint density at radius 1 is 1.32 bits per heavy atom. The van der Waals surface area contributed by atoms with Crippen molar-refractivity contribution >= 4 is 15.6 Å². The van der Waals surface area contributed by atoms with E-state index in [1.165, 1.54) is 12.1 Å². The van der Waals surface area contributed by atoms with Gasteiger partial charge in [0.1, 0.15) is 17.6 Å². The summed E-state index contributed by atoms with van der Waals surface area (Å²) < 4.78 is 34.4. The van der Waals surface area contributed by atoms with E-state index in [0.717, 1.165) is 17.2 Å². The first-order valence-corrected chi connectivity index (χ1v) is 10.5. The van der Waals surface area contributed by atoms with Crippen molar-refractivity contribution in [3.05, 3.63) is 58.9 Å². The van der Waals surface area contributed by atoms with Gasteiger partial charge in [-0.05, 0) is 43.5 Å². The summed E-state index contributed by atoms with van der Waals surface area (Å²) in [6, 6.07) is 11.5. The van der Waals surface area contributed by atoms with E-state index in [-0.39, 0.29) is 24.5 Å². The summed E-state index contributed by atoms with van der Waals surface area (Å²) in [4.78, 5) is 0.694. The molecule has 3 rings (SSSR count). The minimum absolute atomic E-state index is 0.0516. The maximum absolute atomic E-state index is 13.7. The fraction of sp³-hybridized carbons (Fsp3) is 0.333. The Kier molecular flexibility index (Phi) is 5.48. The van der Waals surface area contributed by atoms with Crippen molar-refractivity contribution in [2.75, 3.05) is 26.3 Å². The lowest BCUT2D eigenvalue weighted by Crippen LogP contribution is -2.62. The summed E-state index contributed by atoms with van der Waals surface area (Å²) in [5.74, 6) is 3.59. The Bertz CT molecular complexity index is 1040. The molecule has 1 atom stereocenters. The van der Waals surface area contributed by atoms with Crippen molar-refractivity contribution in [3.8, 4) is 11.8 Å². The molecule has 0 spiro atoms. The Balaban J connectivity index is 1.69. The van der Waals surface area contributed by atoms with E-state index < -0.39 is 20.9 Å². The van der Waals surface area contributed by atoms with Gasteiger partial charge in [0, 0.05) is 24.1 Å². The zero-order chi connectivity index (χ0) is 20.5. The lowest BCUT2D eigenvalue weighted by molar-refractivity contribution is -0.0254. The smallest absolute Gasteiger partial charge is 0.144 e. The van der Waals surface area contributed by atoms with Gasteiger partial charge in [-0.1, -0.05) is 17.7 Å². The van der Waals surface area contributed by atoms with Gasteiger partial charge in [-0.15, -0.1) is 0 Å². The first kappa shape index (κ1) is 20.3. The number of benzene rings is 2. The van der Waals surface area contributed by atoms with Crippen LogP contribution < -0.4 is 4.74 Å². The minimum Gasteiger partial charge on any atom is -0.493 e. The molecule has 28 heavy (non-hydrogen) atoms. The largest absolute Gasteiger partial charge is 0.493 e. The number of hydrogen-bond donors (Lipinski definition) is 1. The molecular formula is C21H23FN2O3S. The summed E-state index contributed by atoms with van der Waals surface area (Å²) in [6.45, 7) is 4.61. The van der Waals surface area contributed by atoms with Gasteiger partial charge >= 0.3 is 0 Å². The normalized spacial score (nSPS) is 18.0. The van der Waals surface area contributed by atoms with E-state index in [2.05, 4.69) is 5.87 Å². The third-order valence-electron chi connectivity index (χ3n) is 5.06. The van der Waals surface area contributed by atoms with Gasteiger partial charge in [0.15, 0.2) is 0 Å². The Labute approximate surface area is 165 Å². The number of ether oxygens (including phenoxy) is 1. The summed E-state index contributed by atoms with van der Waals surface area (Å²) in [5.41, 5.74) is 1.37. The number of aliphatic hydroxyl groups is 1. The zero-order valence-corrected chi connectivity index (χ0v) is 16.8. The number of rotatable bonds is 6. The molecule has 1 fully saturated rings. The van der Waals surface area contributed by atoms with Crippen molar-refractivity contribution in [3.63, 3.8) is 0 Å². The summed E-state index contributed by atoms with van der Waals surface area (Å²) in [5, 5.41) is 18.6. The van der Waals surface area contributed by atoms with Gasteiger partial charge in [-0.25, -0.2) is 12.9 Å². The Hall–Kier alpha value is -2.40. The molecule has 0 aromatic heterocycles. The number of aliphatic hydroxyl groups excluding tert-OH is 1. The molecular weight excluding hydrogens is 379 g/mol. The quantitative estimate of drug-likeness (QED) is 0.754. The third-order valence-corrected chi connectivity index (χ3v) is 7.29. The molecule has 5 nitrogen and oxygen atoms in total. The van der Waals surface area contributed by atoms with E-state index in [0.29, 0.717) is 18.0 Å². The molecule has 148 valence electrons. The molecule has 1 aliphatic heterocycles. The minimum atomic E-state index is -2.66. The van der Waals surface area contributed by atoms with Crippen LogP contribution in [0.3, 0.4) is 0 Å². The van der Waals surface area contributed by atoms with Crippen LogP contribution in [0.15, 0.2) is 41.3 Å².